The first kappa shape index (κ1) is 14.1. The topological polar surface area (TPSA) is 39.9 Å². The molecule has 0 aliphatic carbocycles. The monoisotopic (exact) mass is 316 g/mol. The molecule has 2 rings (SSSR count). The second-order valence-corrected chi connectivity index (χ2v) is 6.35. The zero-order valence-electron chi connectivity index (χ0n) is 11.0. The quantitative estimate of drug-likeness (QED) is 0.921. The maximum atomic E-state index is 9.80. The van der Waals surface area contributed by atoms with E-state index >= 15 is 0 Å². The SMILES string of the molecule is CC(C)(O)CN1CCN(Cc2ccc(Br)o2)CC1. The zero-order chi connectivity index (χ0) is 13.2. The maximum absolute atomic E-state index is 9.80. The van der Waals surface area contributed by atoms with Crippen molar-refractivity contribution in [3.63, 3.8) is 0 Å². The summed E-state index contributed by atoms with van der Waals surface area (Å²) in [7, 11) is 0. The van der Waals surface area contributed by atoms with Crippen molar-refractivity contribution in [3.8, 4) is 0 Å². The van der Waals surface area contributed by atoms with Crippen LogP contribution in [0.15, 0.2) is 21.2 Å². The van der Waals surface area contributed by atoms with Crippen molar-refractivity contribution in [2.75, 3.05) is 32.7 Å². The molecule has 0 radical (unpaired) electrons. The highest BCUT2D eigenvalue weighted by Gasteiger charge is 2.23. The number of aliphatic hydroxyl groups is 1. The smallest absolute Gasteiger partial charge is 0.169 e. The Kier molecular flexibility index (Phi) is 4.48. The van der Waals surface area contributed by atoms with E-state index in [1.54, 1.807) is 0 Å². The molecule has 1 fully saturated rings. The van der Waals surface area contributed by atoms with E-state index in [0.717, 1.165) is 49.7 Å². The molecule has 1 aromatic heterocycles. The lowest BCUT2D eigenvalue weighted by Gasteiger charge is -2.36. The van der Waals surface area contributed by atoms with E-state index in [1.807, 2.05) is 26.0 Å². The van der Waals surface area contributed by atoms with Gasteiger partial charge in [-0.2, -0.15) is 0 Å². The number of hydrogen-bond acceptors (Lipinski definition) is 4. The number of halogens is 1. The molecule has 0 aromatic carbocycles. The van der Waals surface area contributed by atoms with Crippen molar-refractivity contribution >= 4 is 15.9 Å². The summed E-state index contributed by atoms with van der Waals surface area (Å²) in [6.07, 6.45) is 0. The Balaban J connectivity index is 1.77. The highest BCUT2D eigenvalue weighted by atomic mass is 79.9. The van der Waals surface area contributed by atoms with E-state index in [0.29, 0.717) is 0 Å². The van der Waals surface area contributed by atoms with E-state index in [2.05, 4.69) is 25.7 Å². The third-order valence-electron chi connectivity index (χ3n) is 3.08. The normalized spacial score (nSPS) is 19.3. The van der Waals surface area contributed by atoms with E-state index in [1.165, 1.54) is 0 Å². The zero-order valence-corrected chi connectivity index (χ0v) is 12.6. The first-order valence-corrected chi connectivity index (χ1v) is 7.13. The minimum atomic E-state index is -0.603. The Morgan fingerprint density at radius 1 is 1.22 bits per heavy atom. The van der Waals surface area contributed by atoms with Gasteiger partial charge in [0.2, 0.25) is 0 Å². The molecule has 0 unspecified atom stereocenters. The fraction of sp³-hybridized carbons (Fsp3) is 0.692. The first-order valence-electron chi connectivity index (χ1n) is 6.34. The predicted octanol–water partition coefficient (Wildman–Crippen LogP) is 1.93. The van der Waals surface area contributed by atoms with Crippen LogP contribution >= 0.6 is 15.9 Å². The standard InChI is InChI=1S/C13H21BrN2O2/c1-13(2,17)10-16-7-5-15(6-8-16)9-11-3-4-12(14)18-11/h3-4,17H,5-10H2,1-2H3. The molecule has 0 bridgehead atoms. The molecule has 2 heterocycles. The van der Waals surface area contributed by atoms with Crippen molar-refractivity contribution in [1.29, 1.82) is 0 Å². The van der Waals surface area contributed by atoms with Gasteiger partial charge in [-0.25, -0.2) is 0 Å². The average molecular weight is 317 g/mol. The summed E-state index contributed by atoms with van der Waals surface area (Å²) in [6.45, 7) is 9.38. The van der Waals surface area contributed by atoms with E-state index < -0.39 is 5.60 Å². The lowest BCUT2D eigenvalue weighted by atomic mass is 10.1. The lowest BCUT2D eigenvalue weighted by molar-refractivity contribution is 0.0158. The van der Waals surface area contributed by atoms with Crippen molar-refractivity contribution in [1.82, 2.24) is 9.80 Å². The summed E-state index contributed by atoms with van der Waals surface area (Å²) in [5.41, 5.74) is -0.603. The van der Waals surface area contributed by atoms with Crippen LogP contribution in [0.1, 0.15) is 19.6 Å². The second-order valence-electron chi connectivity index (χ2n) is 5.57. The van der Waals surface area contributed by atoms with Crippen LogP contribution in [-0.2, 0) is 6.54 Å². The number of nitrogens with zero attached hydrogens (tertiary/aromatic N) is 2. The number of furan rings is 1. The number of piperazine rings is 1. The van der Waals surface area contributed by atoms with Crippen molar-refractivity contribution in [2.45, 2.75) is 26.0 Å². The van der Waals surface area contributed by atoms with Gasteiger partial charge in [0.15, 0.2) is 4.67 Å². The van der Waals surface area contributed by atoms with E-state index in [4.69, 9.17) is 4.42 Å². The van der Waals surface area contributed by atoms with Gasteiger partial charge in [-0.3, -0.25) is 9.80 Å². The molecule has 0 saturated carbocycles. The van der Waals surface area contributed by atoms with Crippen LogP contribution in [0.5, 0.6) is 0 Å². The number of hydrogen-bond donors (Lipinski definition) is 1. The van der Waals surface area contributed by atoms with Gasteiger partial charge in [0.1, 0.15) is 5.76 Å². The van der Waals surface area contributed by atoms with Crippen LogP contribution < -0.4 is 0 Å². The molecule has 1 aliphatic rings. The van der Waals surface area contributed by atoms with Gasteiger partial charge in [0.05, 0.1) is 12.1 Å². The Morgan fingerprint density at radius 2 is 1.83 bits per heavy atom. The molecule has 5 heteroatoms. The maximum Gasteiger partial charge on any atom is 0.169 e. The van der Waals surface area contributed by atoms with Gasteiger partial charge in [-0.05, 0) is 41.9 Å². The highest BCUT2D eigenvalue weighted by Crippen LogP contribution is 2.17. The molecule has 102 valence electrons. The van der Waals surface area contributed by atoms with Crippen LogP contribution in [0.4, 0.5) is 0 Å². The minimum absolute atomic E-state index is 0.603. The summed E-state index contributed by atoms with van der Waals surface area (Å²) in [4.78, 5) is 4.70. The minimum Gasteiger partial charge on any atom is -0.453 e. The highest BCUT2D eigenvalue weighted by molar-refractivity contribution is 9.10. The lowest BCUT2D eigenvalue weighted by Crippen LogP contribution is -2.50. The predicted molar refractivity (Wildman–Crippen MR) is 74.4 cm³/mol. The van der Waals surface area contributed by atoms with Crippen molar-refractivity contribution in [3.05, 3.63) is 22.6 Å². The van der Waals surface area contributed by atoms with Gasteiger partial charge in [0, 0.05) is 32.7 Å². The Labute approximate surface area is 117 Å². The molecule has 1 aliphatic heterocycles. The third kappa shape index (κ3) is 4.39. The summed E-state index contributed by atoms with van der Waals surface area (Å²) >= 11 is 3.32. The van der Waals surface area contributed by atoms with Gasteiger partial charge >= 0.3 is 0 Å². The van der Waals surface area contributed by atoms with Crippen LogP contribution in [0.25, 0.3) is 0 Å². The second kappa shape index (κ2) is 5.74. The van der Waals surface area contributed by atoms with Crippen molar-refractivity contribution in [2.24, 2.45) is 0 Å². The molecular formula is C13H21BrN2O2. The first-order chi connectivity index (χ1) is 8.42. The average Bonchev–Trinajstić information content (AvgIpc) is 2.65. The van der Waals surface area contributed by atoms with E-state index in [9.17, 15) is 5.11 Å². The Bertz CT molecular complexity index is 379. The van der Waals surface area contributed by atoms with Gasteiger partial charge < -0.3 is 9.52 Å². The summed E-state index contributed by atoms with van der Waals surface area (Å²) < 4.78 is 6.31. The van der Waals surface area contributed by atoms with Gasteiger partial charge in [-0.15, -0.1) is 0 Å². The molecular weight excluding hydrogens is 296 g/mol. The fourth-order valence-corrected chi connectivity index (χ4v) is 2.65. The van der Waals surface area contributed by atoms with Crippen LogP contribution in [-0.4, -0.2) is 53.2 Å². The Hall–Kier alpha value is -0.360. The Morgan fingerprint density at radius 3 is 2.33 bits per heavy atom. The molecule has 18 heavy (non-hydrogen) atoms. The number of rotatable bonds is 4. The molecule has 4 nitrogen and oxygen atoms in total. The molecule has 0 amide bonds. The fourth-order valence-electron chi connectivity index (χ4n) is 2.31. The van der Waals surface area contributed by atoms with Gasteiger partial charge in [0.25, 0.3) is 0 Å². The van der Waals surface area contributed by atoms with Gasteiger partial charge in [-0.1, -0.05) is 0 Å². The van der Waals surface area contributed by atoms with Crippen LogP contribution in [0.3, 0.4) is 0 Å². The van der Waals surface area contributed by atoms with Crippen LogP contribution in [0, 0.1) is 0 Å². The largest absolute Gasteiger partial charge is 0.453 e. The molecule has 0 spiro atoms. The summed E-state index contributed by atoms with van der Waals surface area (Å²) in [6, 6.07) is 3.94. The van der Waals surface area contributed by atoms with E-state index in [-0.39, 0.29) is 0 Å². The molecule has 1 saturated heterocycles. The van der Waals surface area contributed by atoms with Crippen molar-refractivity contribution < 1.29 is 9.52 Å². The molecule has 1 N–H and O–H groups in total. The summed E-state index contributed by atoms with van der Waals surface area (Å²) in [5, 5.41) is 9.80. The third-order valence-corrected chi connectivity index (χ3v) is 3.51. The number of β-amino-alcohol motifs (C(OH)–C–C–N with tert-alkyl or cyclic N) is 1. The van der Waals surface area contributed by atoms with Crippen LogP contribution in [0.2, 0.25) is 0 Å². The summed E-state index contributed by atoms with van der Waals surface area (Å²) in [5.74, 6) is 0.998. The molecule has 1 aromatic rings. The molecule has 0 atom stereocenters.